The highest BCUT2D eigenvalue weighted by Gasteiger charge is 2.37. The lowest BCUT2D eigenvalue weighted by Crippen LogP contribution is -2.33. The van der Waals surface area contributed by atoms with E-state index in [4.69, 9.17) is 9.47 Å². The van der Waals surface area contributed by atoms with E-state index in [0.29, 0.717) is 6.54 Å². The van der Waals surface area contributed by atoms with Gasteiger partial charge in [0.25, 0.3) is 0 Å². The minimum absolute atomic E-state index is 0.0238. The van der Waals surface area contributed by atoms with Crippen LogP contribution in [0.1, 0.15) is 32.3 Å². The van der Waals surface area contributed by atoms with Gasteiger partial charge in [-0.2, -0.15) is 0 Å². The predicted molar refractivity (Wildman–Crippen MR) is 73.2 cm³/mol. The zero-order valence-corrected chi connectivity index (χ0v) is 11.8. The van der Waals surface area contributed by atoms with E-state index in [1.54, 1.807) is 12.0 Å². The molecule has 4 nitrogen and oxygen atoms in total. The van der Waals surface area contributed by atoms with E-state index < -0.39 is 0 Å². The number of carbonyl (C=O) groups excluding carboxylic acids is 1. The molecule has 1 aromatic rings. The number of cyclic esters (lactones) is 1. The molecule has 19 heavy (non-hydrogen) atoms. The maximum absolute atomic E-state index is 11.9. The lowest BCUT2D eigenvalue weighted by atomic mass is 10.1. The van der Waals surface area contributed by atoms with Gasteiger partial charge >= 0.3 is 6.09 Å². The topological polar surface area (TPSA) is 38.8 Å². The summed E-state index contributed by atoms with van der Waals surface area (Å²) in [5.74, 6) is 0.824. The van der Waals surface area contributed by atoms with Crippen molar-refractivity contribution < 1.29 is 14.3 Å². The number of benzene rings is 1. The van der Waals surface area contributed by atoms with Gasteiger partial charge in [-0.3, -0.25) is 4.90 Å². The summed E-state index contributed by atoms with van der Waals surface area (Å²) >= 11 is 0. The molecular weight excluding hydrogens is 242 g/mol. The highest BCUT2D eigenvalue weighted by molar-refractivity contribution is 5.70. The molecule has 2 unspecified atom stereocenters. The van der Waals surface area contributed by atoms with Gasteiger partial charge in [0, 0.05) is 6.54 Å². The Morgan fingerprint density at radius 1 is 1.32 bits per heavy atom. The second kappa shape index (κ2) is 5.95. The number of hydrogen-bond donors (Lipinski definition) is 0. The van der Waals surface area contributed by atoms with Crippen LogP contribution in [-0.4, -0.2) is 30.2 Å². The van der Waals surface area contributed by atoms with E-state index in [9.17, 15) is 4.79 Å². The number of rotatable bonds is 5. The quantitative estimate of drug-likeness (QED) is 0.818. The highest BCUT2D eigenvalue weighted by Crippen LogP contribution is 2.25. The number of ether oxygens (including phenoxy) is 2. The third-order valence-corrected chi connectivity index (χ3v) is 3.60. The lowest BCUT2D eigenvalue weighted by Gasteiger charge is -2.20. The van der Waals surface area contributed by atoms with E-state index in [2.05, 4.69) is 13.8 Å². The molecule has 0 aliphatic carbocycles. The number of hydrogen-bond acceptors (Lipinski definition) is 3. The normalized spacial score (nSPS) is 22.5. The standard InChI is InChI=1S/C15H21NO3/c1-4-5-14-11(2)16(15(17)19-14)10-12-6-8-13(18-3)9-7-12/h6-9,11,14H,4-5,10H2,1-3H3. The van der Waals surface area contributed by atoms with Crippen molar-refractivity contribution in [2.45, 2.75) is 45.4 Å². The molecule has 1 fully saturated rings. The van der Waals surface area contributed by atoms with Crippen LogP contribution in [0, 0.1) is 0 Å². The molecule has 2 rings (SSSR count). The molecule has 4 heteroatoms. The van der Waals surface area contributed by atoms with E-state index in [1.807, 2.05) is 24.3 Å². The molecule has 1 saturated heterocycles. The molecule has 0 saturated carbocycles. The average Bonchev–Trinajstić information content (AvgIpc) is 2.68. The van der Waals surface area contributed by atoms with Gasteiger partial charge in [-0.05, 0) is 31.0 Å². The van der Waals surface area contributed by atoms with Gasteiger partial charge in [0.2, 0.25) is 0 Å². The first-order valence-corrected chi connectivity index (χ1v) is 6.76. The first-order chi connectivity index (χ1) is 9.15. The highest BCUT2D eigenvalue weighted by atomic mass is 16.6. The first kappa shape index (κ1) is 13.7. The molecule has 1 amide bonds. The Bertz CT molecular complexity index is 430. The van der Waals surface area contributed by atoms with Crippen LogP contribution >= 0.6 is 0 Å². The third-order valence-electron chi connectivity index (χ3n) is 3.60. The molecule has 1 aromatic carbocycles. The molecule has 104 valence electrons. The second-order valence-electron chi connectivity index (χ2n) is 4.93. The van der Waals surface area contributed by atoms with E-state index in [-0.39, 0.29) is 18.2 Å². The maximum Gasteiger partial charge on any atom is 0.410 e. The number of amides is 1. The predicted octanol–water partition coefficient (Wildman–Crippen LogP) is 3.20. The van der Waals surface area contributed by atoms with E-state index in [0.717, 1.165) is 24.2 Å². The minimum atomic E-state index is -0.207. The van der Waals surface area contributed by atoms with Crippen molar-refractivity contribution in [1.82, 2.24) is 4.90 Å². The SMILES string of the molecule is CCCC1OC(=O)N(Cc2ccc(OC)cc2)C1C. The van der Waals surface area contributed by atoms with Gasteiger partial charge in [0.05, 0.1) is 13.2 Å². The summed E-state index contributed by atoms with van der Waals surface area (Å²) in [7, 11) is 1.64. The molecule has 0 N–H and O–H groups in total. The third kappa shape index (κ3) is 3.00. The molecule has 1 heterocycles. The zero-order chi connectivity index (χ0) is 13.8. The molecule has 0 radical (unpaired) electrons. The number of nitrogens with zero attached hydrogens (tertiary/aromatic N) is 1. The molecule has 0 bridgehead atoms. The van der Waals surface area contributed by atoms with Gasteiger partial charge in [0.1, 0.15) is 11.9 Å². The summed E-state index contributed by atoms with van der Waals surface area (Å²) in [4.78, 5) is 13.7. The van der Waals surface area contributed by atoms with Crippen LogP contribution in [0.5, 0.6) is 5.75 Å². The van der Waals surface area contributed by atoms with Crippen molar-refractivity contribution in [3.8, 4) is 5.75 Å². The zero-order valence-electron chi connectivity index (χ0n) is 11.8. The Hall–Kier alpha value is -1.71. The van der Waals surface area contributed by atoms with Crippen molar-refractivity contribution >= 4 is 6.09 Å². The van der Waals surface area contributed by atoms with Crippen molar-refractivity contribution in [2.24, 2.45) is 0 Å². The summed E-state index contributed by atoms with van der Waals surface area (Å²) < 4.78 is 10.5. The smallest absolute Gasteiger partial charge is 0.410 e. The van der Waals surface area contributed by atoms with Crippen LogP contribution in [-0.2, 0) is 11.3 Å². The van der Waals surface area contributed by atoms with Gasteiger partial charge in [-0.15, -0.1) is 0 Å². The van der Waals surface area contributed by atoms with Crippen LogP contribution in [0.3, 0.4) is 0 Å². The van der Waals surface area contributed by atoms with Crippen LogP contribution in [0.15, 0.2) is 24.3 Å². The van der Waals surface area contributed by atoms with Crippen molar-refractivity contribution in [3.63, 3.8) is 0 Å². The van der Waals surface area contributed by atoms with Crippen LogP contribution in [0.4, 0.5) is 4.79 Å². The Balaban J connectivity index is 2.03. The summed E-state index contributed by atoms with van der Waals surface area (Å²) in [6.07, 6.45) is 1.77. The summed E-state index contributed by atoms with van der Waals surface area (Å²) in [6.45, 7) is 4.74. The molecule has 1 aliphatic rings. The molecular formula is C15H21NO3. The van der Waals surface area contributed by atoms with E-state index >= 15 is 0 Å². The fraction of sp³-hybridized carbons (Fsp3) is 0.533. The average molecular weight is 263 g/mol. The second-order valence-corrected chi connectivity index (χ2v) is 4.93. The molecule has 0 spiro atoms. The Morgan fingerprint density at radius 3 is 2.58 bits per heavy atom. The molecule has 2 atom stereocenters. The van der Waals surface area contributed by atoms with E-state index in [1.165, 1.54) is 0 Å². The van der Waals surface area contributed by atoms with Gasteiger partial charge in [0.15, 0.2) is 0 Å². The number of methoxy groups -OCH3 is 1. The summed E-state index contributed by atoms with van der Waals surface area (Å²) in [5, 5.41) is 0. The Kier molecular flexibility index (Phi) is 4.30. The minimum Gasteiger partial charge on any atom is -0.497 e. The first-order valence-electron chi connectivity index (χ1n) is 6.76. The van der Waals surface area contributed by atoms with Crippen molar-refractivity contribution in [1.29, 1.82) is 0 Å². The van der Waals surface area contributed by atoms with Crippen molar-refractivity contribution in [2.75, 3.05) is 7.11 Å². The van der Waals surface area contributed by atoms with Gasteiger partial charge in [-0.25, -0.2) is 4.79 Å². The fourth-order valence-corrected chi connectivity index (χ4v) is 2.38. The Labute approximate surface area is 114 Å². The van der Waals surface area contributed by atoms with Crippen LogP contribution in [0.25, 0.3) is 0 Å². The number of carbonyl (C=O) groups is 1. The summed E-state index contributed by atoms with van der Waals surface area (Å²) in [6, 6.07) is 7.91. The maximum atomic E-state index is 11.9. The molecule has 0 aromatic heterocycles. The van der Waals surface area contributed by atoms with Crippen LogP contribution in [0.2, 0.25) is 0 Å². The van der Waals surface area contributed by atoms with Gasteiger partial charge < -0.3 is 9.47 Å². The monoisotopic (exact) mass is 263 g/mol. The summed E-state index contributed by atoms with van der Waals surface area (Å²) in [5.41, 5.74) is 1.08. The Morgan fingerprint density at radius 2 is 2.00 bits per heavy atom. The lowest BCUT2D eigenvalue weighted by molar-refractivity contribution is 0.125. The largest absolute Gasteiger partial charge is 0.497 e. The van der Waals surface area contributed by atoms with Crippen LogP contribution < -0.4 is 4.74 Å². The van der Waals surface area contributed by atoms with Gasteiger partial charge in [-0.1, -0.05) is 25.5 Å². The van der Waals surface area contributed by atoms with Crippen molar-refractivity contribution in [3.05, 3.63) is 29.8 Å². The molecule has 1 aliphatic heterocycles. The fourth-order valence-electron chi connectivity index (χ4n) is 2.38.